The molecule has 1 aliphatic rings. The van der Waals surface area contributed by atoms with Gasteiger partial charge in [0, 0.05) is 17.5 Å². The molecule has 0 unspecified atom stereocenters. The van der Waals surface area contributed by atoms with Crippen LogP contribution in [0.2, 0.25) is 0 Å². The summed E-state index contributed by atoms with van der Waals surface area (Å²) in [7, 11) is 0. The Balaban J connectivity index is 1.71. The first-order valence-electron chi connectivity index (χ1n) is 6.39. The highest BCUT2D eigenvalue weighted by molar-refractivity contribution is 7.08. The second-order valence-corrected chi connectivity index (χ2v) is 5.63. The van der Waals surface area contributed by atoms with Gasteiger partial charge in [0.15, 0.2) is 11.5 Å². The minimum atomic E-state index is 0.776. The fraction of sp³-hybridized carbons (Fsp3) is 0.308. The zero-order valence-electron chi connectivity index (χ0n) is 10.3. The number of hydrogen-bond acceptors (Lipinski definition) is 5. The number of fused-ring (bicyclic) bond motifs is 1. The van der Waals surface area contributed by atoms with E-state index in [0.717, 1.165) is 35.3 Å². The molecule has 0 saturated heterocycles. The van der Waals surface area contributed by atoms with Gasteiger partial charge in [0.05, 0.1) is 0 Å². The van der Waals surface area contributed by atoms with Crippen LogP contribution < -0.4 is 5.32 Å². The van der Waals surface area contributed by atoms with E-state index in [-0.39, 0.29) is 0 Å². The lowest BCUT2D eigenvalue weighted by Gasteiger charge is -2.04. The van der Waals surface area contributed by atoms with Crippen molar-refractivity contribution in [3.63, 3.8) is 0 Å². The van der Waals surface area contributed by atoms with Gasteiger partial charge in [-0.25, -0.2) is 0 Å². The molecule has 0 amide bonds. The van der Waals surface area contributed by atoms with E-state index in [9.17, 15) is 0 Å². The monoisotopic (exact) mass is 271 g/mol. The maximum atomic E-state index is 4.58. The SMILES string of the molecule is c1cc(-c2nnc3ccc(NCC4CC4)nn23)cs1. The van der Waals surface area contributed by atoms with E-state index in [4.69, 9.17) is 0 Å². The van der Waals surface area contributed by atoms with Gasteiger partial charge >= 0.3 is 0 Å². The maximum absolute atomic E-state index is 4.58. The van der Waals surface area contributed by atoms with Crippen LogP contribution in [0.15, 0.2) is 29.0 Å². The predicted molar refractivity (Wildman–Crippen MR) is 75.3 cm³/mol. The van der Waals surface area contributed by atoms with Gasteiger partial charge in [-0.1, -0.05) is 0 Å². The number of aromatic nitrogens is 4. The average molecular weight is 271 g/mol. The predicted octanol–water partition coefficient (Wildman–Crippen LogP) is 2.67. The summed E-state index contributed by atoms with van der Waals surface area (Å²) < 4.78 is 1.80. The maximum Gasteiger partial charge on any atom is 0.186 e. The molecule has 1 N–H and O–H groups in total. The highest BCUT2D eigenvalue weighted by atomic mass is 32.1. The molecule has 6 heteroatoms. The molecule has 0 radical (unpaired) electrons. The quantitative estimate of drug-likeness (QED) is 0.792. The number of nitrogens with one attached hydrogen (secondary N) is 1. The Kier molecular flexibility index (Phi) is 2.48. The molecule has 0 aliphatic heterocycles. The molecule has 0 bridgehead atoms. The van der Waals surface area contributed by atoms with Crippen LogP contribution in [0.4, 0.5) is 5.82 Å². The second-order valence-electron chi connectivity index (χ2n) is 4.85. The lowest BCUT2D eigenvalue weighted by atomic mass is 10.3. The molecule has 0 aromatic carbocycles. The van der Waals surface area contributed by atoms with Crippen LogP contribution in [0.3, 0.4) is 0 Å². The van der Waals surface area contributed by atoms with Gasteiger partial charge in [0.1, 0.15) is 5.82 Å². The minimum absolute atomic E-state index is 0.776. The Morgan fingerprint density at radius 1 is 1.26 bits per heavy atom. The topological polar surface area (TPSA) is 55.1 Å². The van der Waals surface area contributed by atoms with Crippen LogP contribution in [0.1, 0.15) is 12.8 Å². The van der Waals surface area contributed by atoms with Crippen molar-refractivity contribution in [2.75, 3.05) is 11.9 Å². The van der Waals surface area contributed by atoms with Gasteiger partial charge in [0.2, 0.25) is 0 Å². The first-order chi connectivity index (χ1) is 9.40. The standard InChI is InChI=1S/C13H13N5S/c1-2-9(1)7-14-11-3-4-12-15-16-13(18(12)17-11)10-5-6-19-8-10/h3-6,8-9H,1-2,7H2,(H,14,17). The summed E-state index contributed by atoms with van der Waals surface area (Å²) in [6.07, 6.45) is 2.67. The van der Waals surface area contributed by atoms with E-state index in [1.54, 1.807) is 15.9 Å². The fourth-order valence-electron chi connectivity index (χ4n) is 2.03. The van der Waals surface area contributed by atoms with Gasteiger partial charge in [-0.2, -0.15) is 15.9 Å². The van der Waals surface area contributed by atoms with Crippen molar-refractivity contribution in [3.05, 3.63) is 29.0 Å². The summed E-state index contributed by atoms with van der Waals surface area (Å²) >= 11 is 1.65. The van der Waals surface area contributed by atoms with Crippen molar-refractivity contribution in [1.82, 2.24) is 19.8 Å². The smallest absolute Gasteiger partial charge is 0.186 e. The molecule has 3 heterocycles. The highest BCUT2D eigenvalue weighted by Crippen LogP contribution is 2.28. The Morgan fingerprint density at radius 2 is 2.21 bits per heavy atom. The third-order valence-corrected chi connectivity index (χ3v) is 3.99. The van der Waals surface area contributed by atoms with Crippen LogP contribution in [0.25, 0.3) is 17.0 Å². The lowest BCUT2D eigenvalue weighted by Crippen LogP contribution is -2.07. The Hall–Kier alpha value is -1.95. The summed E-state index contributed by atoms with van der Waals surface area (Å²) in [4.78, 5) is 0. The highest BCUT2D eigenvalue weighted by Gasteiger charge is 2.20. The first kappa shape index (κ1) is 10.9. The molecule has 19 heavy (non-hydrogen) atoms. The second kappa shape index (κ2) is 4.31. The summed E-state index contributed by atoms with van der Waals surface area (Å²) in [5.74, 6) is 2.51. The molecule has 4 rings (SSSR count). The van der Waals surface area contributed by atoms with E-state index in [2.05, 4.69) is 26.0 Å². The molecular weight excluding hydrogens is 258 g/mol. The van der Waals surface area contributed by atoms with E-state index >= 15 is 0 Å². The number of nitrogens with zero attached hydrogens (tertiary/aromatic N) is 4. The van der Waals surface area contributed by atoms with Crippen molar-refractivity contribution in [2.24, 2.45) is 5.92 Å². The van der Waals surface area contributed by atoms with E-state index < -0.39 is 0 Å². The Morgan fingerprint density at radius 3 is 3.00 bits per heavy atom. The van der Waals surface area contributed by atoms with Crippen molar-refractivity contribution in [2.45, 2.75) is 12.8 Å². The lowest BCUT2D eigenvalue weighted by molar-refractivity contribution is 0.861. The van der Waals surface area contributed by atoms with E-state index in [1.165, 1.54) is 12.8 Å². The molecule has 1 aliphatic carbocycles. The summed E-state index contributed by atoms with van der Waals surface area (Å²) in [5.41, 5.74) is 1.84. The van der Waals surface area contributed by atoms with Crippen LogP contribution in [-0.4, -0.2) is 26.4 Å². The summed E-state index contributed by atoms with van der Waals surface area (Å²) in [6.45, 7) is 1.01. The number of anilines is 1. The normalized spacial score (nSPS) is 14.9. The van der Waals surface area contributed by atoms with Crippen LogP contribution in [0.5, 0.6) is 0 Å². The third-order valence-electron chi connectivity index (χ3n) is 3.31. The van der Waals surface area contributed by atoms with Crippen molar-refractivity contribution < 1.29 is 0 Å². The molecule has 1 saturated carbocycles. The molecule has 5 nitrogen and oxygen atoms in total. The average Bonchev–Trinajstić information content (AvgIpc) is 2.94. The summed E-state index contributed by atoms with van der Waals surface area (Å²) in [6, 6.07) is 5.95. The number of rotatable bonds is 4. The van der Waals surface area contributed by atoms with E-state index in [0.29, 0.717) is 0 Å². The third kappa shape index (κ3) is 2.08. The van der Waals surface area contributed by atoms with Gasteiger partial charge in [-0.05, 0) is 42.3 Å². The van der Waals surface area contributed by atoms with Crippen LogP contribution >= 0.6 is 11.3 Å². The van der Waals surface area contributed by atoms with Crippen LogP contribution in [-0.2, 0) is 0 Å². The van der Waals surface area contributed by atoms with Crippen LogP contribution in [0, 0.1) is 5.92 Å². The van der Waals surface area contributed by atoms with Crippen molar-refractivity contribution >= 4 is 22.8 Å². The van der Waals surface area contributed by atoms with Gasteiger partial charge in [-0.15, -0.1) is 15.3 Å². The molecule has 3 aromatic heterocycles. The Labute approximate surface area is 114 Å². The zero-order chi connectivity index (χ0) is 12.7. The molecule has 1 fully saturated rings. The van der Waals surface area contributed by atoms with Crippen molar-refractivity contribution in [1.29, 1.82) is 0 Å². The van der Waals surface area contributed by atoms with Gasteiger partial charge in [-0.3, -0.25) is 0 Å². The molecule has 0 spiro atoms. The number of hydrogen-bond donors (Lipinski definition) is 1. The summed E-state index contributed by atoms with van der Waals surface area (Å²) in [5, 5.41) is 20.4. The largest absolute Gasteiger partial charge is 0.368 e. The Bertz CT molecular complexity index is 699. The van der Waals surface area contributed by atoms with Gasteiger partial charge < -0.3 is 5.32 Å². The molecular formula is C13H13N5S. The fourth-order valence-corrected chi connectivity index (χ4v) is 2.66. The minimum Gasteiger partial charge on any atom is -0.368 e. The molecule has 96 valence electrons. The van der Waals surface area contributed by atoms with E-state index in [1.807, 2.05) is 23.6 Å². The molecule has 0 atom stereocenters. The zero-order valence-corrected chi connectivity index (χ0v) is 11.1. The molecule has 3 aromatic rings. The first-order valence-corrected chi connectivity index (χ1v) is 7.33. The number of thiophene rings is 1. The van der Waals surface area contributed by atoms with Gasteiger partial charge in [0.25, 0.3) is 0 Å². The van der Waals surface area contributed by atoms with Crippen molar-refractivity contribution in [3.8, 4) is 11.4 Å².